The second-order valence-electron chi connectivity index (χ2n) is 5.54. The zero-order chi connectivity index (χ0) is 13.9. The molecular weight excluding hydrogens is 250 g/mol. The molecule has 0 saturated carbocycles. The SMILES string of the molecule is CC1CCN(C(N)=NCc2cn3ccccc3n2)CC1. The van der Waals surface area contributed by atoms with Crippen LogP contribution >= 0.6 is 0 Å². The normalized spacial score (nSPS) is 17.9. The maximum Gasteiger partial charge on any atom is 0.191 e. The van der Waals surface area contributed by atoms with Crippen LogP contribution in [0.5, 0.6) is 0 Å². The number of rotatable bonds is 2. The van der Waals surface area contributed by atoms with E-state index in [0.29, 0.717) is 12.5 Å². The molecule has 1 aliphatic heterocycles. The first-order valence-electron chi connectivity index (χ1n) is 7.20. The van der Waals surface area contributed by atoms with Crippen LogP contribution in [0.15, 0.2) is 35.6 Å². The molecule has 0 amide bonds. The Morgan fingerprint density at radius 1 is 1.40 bits per heavy atom. The van der Waals surface area contributed by atoms with E-state index in [0.717, 1.165) is 30.3 Å². The molecule has 5 nitrogen and oxygen atoms in total. The van der Waals surface area contributed by atoms with Crippen molar-refractivity contribution < 1.29 is 0 Å². The van der Waals surface area contributed by atoms with Crippen LogP contribution in [0.3, 0.4) is 0 Å². The van der Waals surface area contributed by atoms with Gasteiger partial charge in [-0.2, -0.15) is 0 Å². The molecule has 5 heteroatoms. The molecule has 1 fully saturated rings. The summed E-state index contributed by atoms with van der Waals surface area (Å²) in [5.74, 6) is 1.45. The highest BCUT2D eigenvalue weighted by Gasteiger charge is 2.16. The number of imidazole rings is 1. The lowest BCUT2D eigenvalue weighted by Crippen LogP contribution is -2.42. The van der Waals surface area contributed by atoms with E-state index in [-0.39, 0.29) is 0 Å². The number of hydrogen-bond donors (Lipinski definition) is 1. The topological polar surface area (TPSA) is 58.9 Å². The van der Waals surface area contributed by atoms with Gasteiger partial charge < -0.3 is 15.0 Å². The summed E-state index contributed by atoms with van der Waals surface area (Å²) in [7, 11) is 0. The third kappa shape index (κ3) is 2.76. The summed E-state index contributed by atoms with van der Waals surface area (Å²) >= 11 is 0. The van der Waals surface area contributed by atoms with E-state index in [2.05, 4.69) is 21.8 Å². The molecule has 3 rings (SSSR count). The fraction of sp³-hybridized carbons (Fsp3) is 0.467. The van der Waals surface area contributed by atoms with Crippen molar-refractivity contribution in [1.29, 1.82) is 0 Å². The zero-order valence-corrected chi connectivity index (χ0v) is 11.9. The molecule has 2 aromatic rings. The average molecular weight is 271 g/mol. The van der Waals surface area contributed by atoms with Crippen LogP contribution in [-0.4, -0.2) is 33.3 Å². The minimum absolute atomic E-state index is 0.541. The molecular formula is C15H21N5. The van der Waals surface area contributed by atoms with Crippen molar-refractivity contribution in [3.05, 3.63) is 36.3 Å². The van der Waals surface area contributed by atoms with Crippen molar-refractivity contribution in [2.24, 2.45) is 16.6 Å². The predicted octanol–water partition coefficient (Wildman–Crippen LogP) is 1.88. The van der Waals surface area contributed by atoms with Gasteiger partial charge in [-0.05, 0) is 30.9 Å². The molecule has 0 bridgehead atoms. The molecule has 2 N–H and O–H groups in total. The molecule has 0 aliphatic carbocycles. The van der Waals surface area contributed by atoms with E-state index in [1.807, 2.05) is 35.0 Å². The maximum atomic E-state index is 6.08. The summed E-state index contributed by atoms with van der Waals surface area (Å²) in [6.45, 7) is 4.87. The second-order valence-corrected chi connectivity index (χ2v) is 5.54. The number of aliphatic imine (C=N–C) groups is 1. The number of fused-ring (bicyclic) bond motifs is 1. The monoisotopic (exact) mass is 271 g/mol. The van der Waals surface area contributed by atoms with Crippen LogP contribution < -0.4 is 5.73 Å². The Balaban J connectivity index is 1.66. The van der Waals surface area contributed by atoms with Gasteiger partial charge >= 0.3 is 0 Å². The molecule has 1 saturated heterocycles. The molecule has 0 radical (unpaired) electrons. The summed E-state index contributed by atoms with van der Waals surface area (Å²) in [4.78, 5) is 11.2. The summed E-state index contributed by atoms with van der Waals surface area (Å²) in [5, 5.41) is 0. The third-order valence-corrected chi connectivity index (χ3v) is 3.92. The van der Waals surface area contributed by atoms with Crippen LogP contribution in [0.4, 0.5) is 0 Å². The minimum Gasteiger partial charge on any atom is -0.370 e. The molecule has 0 aromatic carbocycles. The van der Waals surface area contributed by atoms with Gasteiger partial charge in [0.25, 0.3) is 0 Å². The molecule has 20 heavy (non-hydrogen) atoms. The van der Waals surface area contributed by atoms with Crippen LogP contribution in [0, 0.1) is 5.92 Å². The summed E-state index contributed by atoms with van der Waals surface area (Å²) in [6, 6.07) is 5.96. The predicted molar refractivity (Wildman–Crippen MR) is 80.5 cm³/mol. The van der Waals surface area contributed by atoms with Crippen molar-refractivity contribution >= 4 is 11.6 Å². The molecule has 0 spiro atoms. The van der Waals surface area contributed by atoms with E-state index in [1.165, 1.54) is 12.8 Å². The van der Waals surface area contributed by atoms with Gasteiger partial charge in [0.2, 0.25) is 0 Å². The summed E-state index contributed by atoms with van der Waals surface area (Å²) in [6.07, 6.45) is 6.39. The molecule has 1 aliphatic rings. The molecule has 2 aromatic heterocycles. The Hall–Kier alpha value is -2.04. The average Bonchev–Trinajstić information content (AvgIpc) is 2.88. The van der Waals surface area contributed by atoms with Gasteiger partial charge in [0.15, 0.2) is 5.96 Å². The lowest BCUT2D eigenvalue weighted by molar-refractivity contribution is 0.277. The van der Waals surface area contributed by atoms with Gasteiger partial charge in [0, 0.05) is 25.5 Å². The number of hydrogen-bond acceptors (Lipinski definition) is 2. The van der Waals surface area contributed by atoms with Gasteiger partial charge in [-0.1, -0.05) is 13.0 Å². The number of nitrogens with two attached hydrogens (primary N) is 1. The molecule has 0 atom stereocenters. The number of guanidine groups is 1. The van der Waals surface area contributed by atoms with E-state index in [4.69, 9.17) is 5.73 Å². The van der Waals surface area contributed by atoms with Crippen molar-refractivity contribution in [2.75, 3.05) is 13.1 Å². The number of piperidine rings is 1. The lowest BCUT2D eigenvalue weighted by atomic mass is 10.00. The van der Waals surface area contributed by atoms with Crippen molar-refractivity contribution in [1.82, 2.24) is 14.3 Å². The summed E-state index contributed by atoms with van der Waals surface area (Å²) in [5.41, 5.74) is 7.97. The number of aromatic nitrogens is 2. The first-order chi connectivity index (χ1) is 9.72. The van der Waals surface area contributed by atoms with Crippen LogP contribution in [-0.2, 0) is 6.54 Å². The van der Waals surface area contributed by atoms with Crippen LogP contribution in [0.25, 0.3) is 5.65 Å². The third-order valence-electron chi connectivity index (χ3n) is 3.92. The Morgan fingerprint density at radius 3 is 2.95 bits per heavy atom. The van der Waals surface area contributed by atoms with E-state index in [1.54, 1.807) is 0 Å². The quantitative estimate of drug-likeness (QED) is 0.670. The van der Waals surface area contributed by atoms with Gasteiger partial charge in [0.05, 0.1) is 12.2 Å². The van der Waals surface area contributed by atoms with Crippen LogP contribution in [0.2, 0.25) is 0 Å². The molecule has 0 unspecified atom stereocenters. The number of pyridine rings is 1. The van der Waals surface area contributed by atoms with Gasteiger partial charge in [-0.3, -0.25) is 0 Å². The Labute approximate surface area is 119 Å². The standard InChI is InChI=1S/C15H21N5/c1-12-5-8-19(9-6-12)15(16)17-10-13-11-20-7-3-2-4-14(20)18-13/h2-4,7,11-12H,5-6,8-10H2,1H3,(H2,16,17). The van der Waals surface area contributed by atoms with Gasteiger partial charge in [-0.25, -0.2) is 9.98 Å². The first kappa shape index (κ1) is 13.0. The number of likely N-dealkylation sites (tertiary alicyclic amines) is 1. The van der Waals surface area contributed by atoms with Crippen molar-refractivity contribution in [3.8, 4) is 0 Å². The highest BCUT2D eigenvalue weighted by molar-refractivity contribution is 5.78. The lowest BCUT2D eigenvalue weighted by Gasteiger charge is -2.30. The zero-order valence-electron chi connectivity index (χ0n) is 11.9. The molecule has 106 valence electrons. The fourth-order valence-corrected chi connectivity index (χ4v) is 2.56. The number of nitrogens with zero attached hydrogens (tertiary/aromatic N) is 4. The fourth-order valence-electron chi connectivity index (χ4n) is 2.56. The molecule has 3 heterocycles. The van der Waals surface area contributed by atoms with E-state index < -0.39 is 0 Å². The van der Waals surface area contributed by atoms with Crippen molar-refractivity contribution in [2.45, 2.75) is 26.3 Å². The van der Waals surface area contributed by atoms with E-state index >= 15 is 0 Å². The van der Waals surface area contributed by atoms with Gasteiger partial charge in [0.1, 0.15) is 5.65 Å². The minimum atomic E-state index is 0.541. The van der Waals surface area contributed by atoms with Crippen LogP contribution in [0.1, 0.15) is 25.5 Å². The highest BCUT2D eigenvalue weighted by atomic mass is 15.3. The maximum absolute atomic E-state index is 6.08. The Kier molecular flexibility index (Phi) is 3.58. The smallest absolute Gasteiger partial charge is 0.191 e. The first-order valence-corrected chi connectivity index (χ1v) is 7.20. The second kappa shape index (κ2) is 5.53. The Morgan fingerprint density at radius 2 is 2.20 bits per heavy atom. The Bertz CT molecular complexity index is 575. The van der Waals surface area contributed by atoms with Gasteiger partial charge in [-0.15, -0.1) is 0 Å². The van der Waals surface area contributed by atoms with Crippen molar-refractivity contribution in [3.63, 3.8) is 0 Å². The highest BCUT2D eigenvalue weighted by Crippen LogP contribution is 2.15. The largest absolute Gasteiger partial charge is 0.370 e. The summed E-state index contributed by atoms with van der Waals surface area (Å²) < 4.78 is 2.00. The van der Waals surface area contributed by atoms with E-state index in [9.17, 15) is 0 Å².